The summed E-state index contributed by atoms with van der Waals surface area (Å²) in [6.45, 7) is 4.11. The SMILES string of the molecule is CC1COCCC1NCc1ccc(S(N)(=O)=O)o1. The number of nitrogens with one attached hydrogen (secondary N) is 1. The first-order chi connectivity index (χ1) is 8.47. The van der Waals surface area contributed by atoms with Crippen LogP contribution in [0, 0.1) is 5.92 Å². The minimum Gasteiger partial charge on any atom is -0.447 e. The summed E-state index contributed by atoms with van der Waals surface area (Å²) in [6, 6.07) is 3.36. The minimum absolute atomic E-state index is 0.195. The number of ether oxygens (including phenoxy) is 1. The van der Waals surface area contributed by atoms with Crippen molar-refractivity contribution in [3.05, 3.63) is 17.9 Å². The van der Waals surface area contributed by atoms with E-state index in [-0.39, 0.29) is 5.09 Å². The second-order valence-corrected chi connectivity index (χ2v) is 6.09. The molecule has 1 saturated heterocycles. The Morgan fingerprint density at radius 1 is 1.50 bits per heavy atom. The standard InChI is InChI=1S/C11H18N2O4S/c1-8-7-16-5-4-10(8)13-6-9-2-3-11(17-9)18(12,14)15/h2-3,8,10,13H,4-7H2,1H3,(H2,12,14,15). The molecule has 1 aromatic rings. The van der Waals surface area contributed by atoms with Gasteiger partial charge in [0.2, 0.25) is 5.09 Å². The van der Waals surface area contributed by atoms with Crippen LogP contribution in [0.5, 0.6) is 0 Å². The van der Waals surface area contributed by atoms with E-state index < -0.39 is 10.0 Å². The van der Waals surface area contributed by atoms with Crippen LogP contribution in [0.1, 0.15) is 19.1 Å². The Bertz CT molecular complexity index is 497. The van der Waals surface area contributed by atoms with Gasteiger partial charge >= 0.3 is 0 Å². The van der Waals surface area contributed by atoms with Crippen molar-refractivity contribution in [2.45, 2.75) is 31.0 Å². The Hall–Kier alpha value is -0.890. The zero-order valence-electron chi connectivity index (χ0n) is 10.3. The van der Waals surface area contributed by atoms with Gasteiger partial charge in [0, 0.05) is 12.6 Å². The third kappa shape index (κ3) is 3.32. The summed E-state index contributed by atoms with van der Waals surface area (Å²) in [7, 11) is -3.75. The molecule has 2 unspecified atom stereocenters. The molecule has 18 heavy (non-hydrogen) atoms. The van der Waals surface area contributed by atoms with Crippen molar-refractivity contribution in [1.82, 2.24) is 5.32 Å². The lowest BCUT2D eigenvalue weighted by atomic mass is 9.98. The Morgan fingerprint density at radius 3 is 2.89 bits per heavy atom. The zero-order valence-corrected chi connectivity index (χ0v) is 11.1. The summed E-state index contributed by atoms with van der Waals surface area (Å²) in [4.78, 5) is 0. The van der Waals surface area contributed by atoms with Crippen molar-refractivity contribution in [1.29, 1.82) is 0 Å². The smallest absolute Gasteiger partial charge is 0.271 e. The van der Waals surface area contributed by atoms with Crippen LogP contribution in [0.2, 0.25) is 0 Å². The van der Waals surface area contributed by atoms with Gasteiger partial charge in [0.15, 0.2) is 0 Å². The van der Waals surface area contributed by atoms with Crippen molar-refractivity contribution in [2.24, 2.45) is 11.1 Å². The van der Waals surface area contributed by atoms with Crippen molar-refractivity contribution in [2.75, 3.05) is 13.2 Å². The van der Waals surface area contributed by atoms with Gasteiger partial charge in [-0.05, 0) is 24.5 Å². The number of nitrogens with two attached hydrogens (primary N) is 1. The Morgan fingerprint density at radius 2 is 2.28 bits per heavy atom. The van der Waals surface area contributed by atoms with Crippen LogP contribution >= 0.6 is 0 Å². The lowest BCUT2D eigenvalue weighted by Gasteiger charge is -2.29. The molecule has 2 heterocycles. The third-order valence-electron chi connectivity index (χ3n) is 3.10. The predicted octanol–water partition coefficient (Wildman–Crippen LogP) is 0.442. The monoisotopic (exact) mass is 274 g/mol. The fourth-order valence-corrected chi connectivity index (χ4v) is 2.50. The molecule has 0 radical (unpaired) electrons. The molecule has 0 saturated carbocycles. The molecular weight excluding hydrogens is 256 g/mol. The largest absolute Gasteiger partial charge is 0.447 e. The topological polar surface area (TPSA) is 94.6 Å². The second-order valence-electron chi connectivity index (χ2n) is 4.59. The van der Waals surface area contributed by atoms with Gasteiger partial charge < -0.3 is 14.5 Å². The van der Waals surface area contributed by atoms with Crippen LogP contribution in [0.4, 0.5) is 0 Å². The highest BCUT2D eigenvalue weighted by Gasteiger charge is 2.21. The van der Waals surface area contributed by atoms with Crippen LogP contribution in [-0.4, -0.2) is 27.7 Å². The van der Waals surface area contributed by atoms with Crippen LogP contribution in [0.25, 0.3) is 0 Å². The molecule has 2 atom stereocenters. The first kappa shape index (κ1) is 13.5. The Balaban J connectivity index is 1.92. The molecule has 0 amide bonds. The molecule has 102 valence electrons. The van der Waals surface area contributed by atoms with Crippen LogP contribution in [-0.2, 0) is 21.3 Å². The van der Waals surface area contributed by atoms with Gasteiger partial charge in [-0.25, -0.2) is 13.6 Å². The number of furan rings is 1. The van der Waals surface area contributed by atoms with E-state index >= 15 is 0 Å². The van der Waals surface area contributed by atoms with E-state index in [0.717, 1.165) is 19.6 Å². The fourth-order valence-electron chi connectivity index (χ4n) is 2.02. The highest BCUT2D eigenvalue weighted by atomic mass is 32.2. The normalized spacial score (nSPS) is 25.2. The Labute approximate surface area is 107 Å². The Kier molecular flexibility index (Phi) is 4.06. The summed E-state index contributed by atoms with van der Waals surface area (Å²) in [6.07, 6.45) is 0.948. The first-order valence-corrected chi connectivity index (χ1v) is 7.44. The average molecular weight is 274 g/mol. The third-order valence-corrected chi connectivity index (χ3v) is 3.88. The van der Waals surface area contributed by atoms with Gasteiger partial charge in [-0.15, -0.1) is 0 Å². The molecule has 2 rings (SSSR count). The van der Waals surface area contributed by atoms with E-state index in [1.165, 1.54) is 6.07 Å². The molecule has 0 aliphatic carbocycles. The number of hydrogen-bond acceptors (Lipinski definition) is 5. The summed E-state index contributed by atoms with van der Waals surface area (Å²) in [5.41, 5.74) is 0. The predicted molar refractivity (Wildman–Crippen MR) is 65.3 cm³/mol. The van der Waals surface area contributed by atoms with E-state index in [9.17, 15) is 8.42 Å². The molecule has 7 heteroatoms. The lowest BCUT2D eigenvalue weighted by molar-refractivity contribution is 0.0381. The number of rotatable bonds is 4. The maximum atomic E-state index is 11.1. The first-order valence-electron chi connectivity index (χ1n) is 5.89. The second kappa shape index (κ2) is 5.40. The summed E-state index contributed by atoms with van der Waals surface area (Å²) in [5, 5.41) is 8.12. The summed E-state index contributed by atoms with van der Waals surface area (Å²) < 4.78 is 32.6. The van der Waals surface area contributed by atoms with Gasteiger partial charge in [0.05, 0.1) is 13.2 Å². The van der Waals surface area contributed by atoms with Crippen LogP contribution < -0.4 is 10.5 Å². The average Bonchev–Trinajstić information content (AvgIpc) is 2.76. The number of hydrogen-bond donors (Lipinski definition) is 2. The lowest BCUT2D eigenvalue weighted by Crippen LogP contribution is -2.40. The molecule has 3 N–H and O–H groups in total. The van der Waals surface area contributed by atoms with Gasteiger partial charge in [-0.2, -0.15) is 0 Å². The van der Waals surface area contributed by atoms with Crippen molar-refractivity contribution < 1.29 is 17.6 Å². The molecule has 0 spiro atoms. The van der Waals surface area contributed by atoms with E-state index in [0.29, 0.717) is 24.3 Å². The maximum absolute atomic E-state index is 11.1. The highest BCUT2D eigenvalue weighted by molar-refractivity contribution is 7.89. The molecule has 1 aliphatic heterocycles. The van der Waals surface area contributed by atoms with E-state index in [1.807, 2.05) is 0 Å². The molecule has 1 aromatic heterocycles. The quantitative estimate of drug-likeness (QED) is 0.831. The zero-order chi connectivity index (χ0) is 13.2. The van der Waals surface area contributed by atoms with Gasteiger partial charge in [-0.3, -0.25) is 0 Å². The molecule has 6 nitrogen and oxygen atoms in total. The van der Waals surface area contributed by atoms with Gasteiger partial charge in [0.1, 0.15) is 5.76 Å². The fraction of sp³-hybridized carbons (Fsp3) is 0.636. The van der Waals surface area contributed by atoms with Gasteiger partial charge in [-0.1, -0.05) is 6.92 Å². The minimum atomic E-state index is -3.75. The van der Waals surface area contributed by atoms with Crippen LogP contribution in [0.3, 0.4) is 0 Å². The molecule has 1 fully saturated rings. The van der Waals surface area contributed by atoms with Crippen molar-refractivity contribution in [3.8, 4) is 0 Å². The molecule has 0 aromatic carbocycles. The van der Waals surface area contributed by atoms with E-state index in [2.05, 4.69) is 12.2 Å². The summed E-state index contributed by atoms with van der Waals surface area (Å²) >= 11 is 0. The number of primary sulfonamides is 1. The number of sulfonamides is 1. The van der Waals surface area contributed by atoms with E-state index in [1.54, 1.807) is 6.07 Å². The molecule has 1 aliphatic rings. The maximum Gasteiger partial charge on any atom is 0.271 e. The van der Waals surface area contributed by atoms with E-state index in [4.69, 9.17) is 14.3 Å². The van der Waals surface area contributed by atoms with Gasteiger partial charge in [0.25, 0.3) is 10.0 Å². The highest BCUT2D eigenvalue weighted by Crippen LogP contribution is 2.16. The summed E-state index contributed by atoms with van der Waals surface area (Å²) in [5.74, 6) is 1.00. The molecule has 0 bridgehead atoms. The van der Waals surface area contributed by atoms with Crippen LogP contribution in [0.15, 0.2) is 21.6 Å². The van der Waals surface area contributed by atoms with Crippen molar-refractivity contribution >= 4 is 10.0 Å². The molecular formula is C11H18N2O4S. The van der Waals surface area contributed by atoms with Crippen molar-refractivity contribution in [3.63, 3.8) is 0 Å².